The molecule has 452 valence electrons. The molecule has 0 aliphatic carbocycles. The minimum Gasteiger partial charge on any atom is -0.475 e. The highest BCUT2D eigenvalue weighted by molar-refractivity contribution is 6.99. The third-order valence-corrected chi connectivity index (χ3v) is 16.6. The second kappa shape index (κ2) is 47.6. The van der Waals surface area contributed by atoms with E-state index in [0.29, 0.717) is 42.8 Å². The molecule has 1 aromatic heterocycles. The number of aromatic nitrogens is 2. The Morgan fingerprint density at radius 1 is 0.513 bits per heavy atom. The first-order valence-corrected chi connectivity index (χ1v) is 33.3. The van der Waals surface area contributed by atoms with Gasteiger partial charge in [0.1, 0.15) is 25.5 Å². The van der Waals surface area contributed by atoms with Crippen molar-refractivity contribution in [2.24, 2.45) is 11.8 Å². The van der Waals surface area contributed by atoms with Crippen molar-refractivity contribution in [1.29, 1.82) is 0 Å². The maximum Gasteiger partial charge on any atom is 0.310 e. The largest absolute Gasteiger partial charge is 0.475 e. The molecule has 4 unspecified atom stereocenters. The molecule has 13 heteroatoms. The van der Waals surface area contributed by atoms with E-state index in [1.54, 1.807) is 0 Å². The molecule has 1 aliphatic rings. The lowest BCUT2D eigenvalue weighted by Crippen LogP contribution is -2.55. The molecule has 0 spiro atoms. The molecular formula is C65H118N3O9S+. The van der Waals surface area contributed by atoms with Crippen molar-refractivity contribution in [1.82, 2.24) is 8.75 Å². The standard InChI is InChI=1S/C65H118N3O9S/c1-8-11-14-17-19-21-23-25-27-29-31-33-39-46-60(69)74-53-59(54-75-61(70)47-40-34-32-30-28-26-24-22-20-18-15-12-9-2)77-63(72)51-56(5)44-38-36-35-37-43-55(4)50-62(71)76-57(6)68(7)48-42-45-58(52-68)64-65(67-78-66-64)73-49-41-16-13-10-3/h45,55-57,59H,8-44,46-54H2,1-7H3/q+1. The fourth-order valence-electron chi connectivity index (χ4n) is 10.6. The van der Waals surface area contributed by atoms with Gasteiger partial charge in [0, 0.05) is 44.6 Å². The number of esters is 4. The number of nitrogens with zero attached hydrogens (tertiary/aromatic N) is 3. The van der Waals surface area contributed by atoms with Gasteiger partial charge in [0.2, 0.25) is 6.23 Å². The molecule has 4 atom stereocenters. The number of carbonyl (C=O) groups excluding carboxylic acids is 4. The van der Waals surface area contributed by atoms with E-state index in [9.17, 15) is 19.2 Å². The Morgan fingerprint density at radius 2 is 0.910 bits per heavy atom. The summed E-state index contributed by atoms with van der Waals surface area (Å²) in [6, 6.07) is 0. The number of hydrogen-bond acceptors (Lipinski definition) is 12. The highest BCUT2D eigenvalue weighted by Crippen LogP contribution is 2.32. The van der Waals surface area contributed by atoms with Crippen LogP contribution in [0.5, 0.6) is 5.88 Å². The van der Waals surface area contributed by atoms with Crippen molar-refractivity contribution in [3.05, 3.63) is 11.8 Å². The summed E-state index contributed by atoms with van der Waals surface area (Å²) in [6.07, 6.45) is 46.0. The summed E-state index contributed by atoms with van der Waals surface area (Å²) in [6.45, 7) is 14.9. The maximum atomic E-state index is 13.2. The Morgan fingerprint density at radius 3 is 1.36 bits per heavy atom. The van der Waals surface area contributed by atoms with Gasteiger partial charge in [-0.25, -0.2) is 0 Å². The molecule has 0 amide bonds. The predicted molar refractivity (Wildman–Crippen MR) is 321 cm³/mol. The molecule has 12 nitrogen and oxygen atoms in total. The average molecular weight is 1120 g/mol. The van der Waals surface area contributed by atoms with E-state index in [1.165, 1.54) is 153 Å². The van der Waals surface area contributed by atoms with Crippen LogP contribution in [0.2, 0.25) is 0 Å². The zero-order valence-corrected chi connectivity index (χ0v) is 52.2. The third kappa shape index (κ3) is 37.0. The lowest BCUT2D eigenvalue weighted by Gasteiger charge is -2.41. The van der Waals surface area contributed by atoms with Crippen molar-refractivity contribution >= 4 is 41.2 Å². The molecule has 0 aromatic carbocycles. The van der Waals surface area contributed by atoms with Crippen LogP contribution in [-0.4, -0.2) is 89.4 Å². The number of ether oxygens (including phenoxy) is 5. The summed E-state index contributed by atoms with van der Waals surface area (Å²) in [5, 5.41) is 0. The fraction of sp³-hybridized carbons (Fsp3) is 0.877. The van der Waals surface area contributed by atoms with Gasteiger partial charge in [-0.05, 0) is 31.1 Å². The average Bonchev–Trinajstić information content (AvgIpc) is 3.89. The minimum atomic E-state index is -0.830. The first-order chi connectivity index (χ1) is 37.9. The normalized spacial score (nSPS) is 15.7. The van der Waals surface area contributed by atoms with Crippen molar-refractivity contribution < 1.29 is 47.3 Å². The zero-order chi connectivity index (χ0) is 56.7. The van der Waals surface area contributed by atoms with Crippen LogP contribution in [0.15, 0.2) is 6.08 Å². The number of quaternary nitrogens is 1. The molecule has 0 saturated heterocycles. The summed E-state index contributed by atoms with van der Waals surface area (Å²) >= 11 is 1.18. The van der Waals surface area contributed by atoms with E-state index >= 15 is 0 Å². The van der Waals surface area contributed by atoms with E-state index in [1.807, 2.05) is 6.92 Å². The molecule has 1 aliphatic heterocycles. The Hall–Kier alpha value is -3.06. The number of carbonyl (C=O) groups is 4. The van der Waals surface area contributed by atoms with Crippen LogP contribution in [0.4, 0.5) is 0 Å². The minimum absolute atomic E-state index is 0.113. The highest BCUT2D eigenvalue weighted by atomic mass is 32.1. The van der Waals surface area contributed by atoms with Crippen molar-refractivity contribution in [2.75, 3.05) is 40.0 Å². The second-order valence-corrected chi connectivity index (χ2v) is 24.4. The third-order valence-electron chi connectivity index (χ3n) is 16.0. The molecular weight excluding hydrogens is 999 g/mol. The van der Waals surface area contributed by atoms with Crippen LogP contribution in [0, 0.1) is 11.8 Å². The lowest BCUT2D eigenvalue weighted by atomic mass is 9.96. The van der Waals surface area contributed by atoms with E-state index < -0.39 is 6.10 Å². The molecule has 78 heavy (non-hydrogen) atoms. The summed E-state index contributed by atoms with van der Waals surface area (Å²) in [4.78, 5) is 51.9. The molecule has 2 rings (SSSR count). The van der Waals surface area contributed by atoms with Gasteiger partial charge in [-0.1, -0.05) is 253 Å². The summed E-state index contributed by atoms with van der Waals surface area (Å²) in [5.41, 5.74) is 1.93. The maximum absolute atomic E-state index is 13.2. The van der Waals surface area contributed by atoms with Gasteiger partial charge >= 0.3 is 23.9 Å². The summed E-state index contributed by atoms with van der Waals surface area (Å²) < 4.78 is 38.8. The van der Waals surface area contributed by atoms with Gasteiger partial charge in [-0.15, -0.1) is 4.37 Å². The Balaban J connectivity index is 1.69. The van der Waals surface area contributed by atoms with E-state index in [-0.39, 0.29) is 61.6 Å². The fourth-order valence-corrected chi connectivity index (χ4v) is 11.2. The van der Waals surface area contributed by atoms with Crippen LogP contribution in [0.3, 0.4) is 0 Å². The quantitative estimate of drug-likeness (QED) is 0.0266. The molecule has 0 bridgehead atoms. The SMILES string of the molecule is CCCCCCCCCCCCCCCC(=O)OCC(COC(=O)CCCCCCCCCCCCCCC)OC(=O)CC(C)CCCCCCC(C)CC(=O)OC(C)[N+]1(C)CCC=C(c2nsnc2OCCCCCC)C1. The summed E-state index contributed by atoms with van der Waals surface area (Å²) in [5.74, 6) is -0.148. The summed E-state index contributed by atoms with van der Waals surface area (Å²) in [7, 11) is 2.15. The first kappa shape index (κ1) is 71.0. The van der Waals surface area contributed by atoms with Crippen LogP contribution >= 0.6 is 11.7 Å². The molecule has 0 N–H and O–H groups in total. The van der Waals surface area contributed by atoms with Crippen LogP contribution in [-0.2, 0) is 38.1 Å². The monoisotopic (exact) mass is 1120 g/mol. The second-order valence-electron chi connectivity index (χ2n) is 23.9. The highest BCUT2D eigenvalue weighted by Gasteiger charge is 2.37. The van der Waals surface area contributed by atoms with Gasteiger partial charge in [-0.3, -0.25) is 23.7 Å². The van der Waals surface area contributed by atoms with Crippen molar-refractivity contribution in [2.45, 2.75) is 317 Å². The van der Waals surface area contributed by atoms with Gasteiger partial charge < -0.3 is 23.7 Å². The van der Waals surface area contributed by atoms with Gasteiger partial charge in [0.05, 0.1) is 31.9 Å². The molecule has 1 aromatic rings. The van der Waals surface area contributed by atoms with E-state index in [4.69, 9.17) is 23.7 Å². The number of hydrogen-bond donors (Lipinski definition) is 0. The Labute approximate surface area is 481 Å². The van der Waals surface area contributed by atoms with E-state index in [0.717, 1.165) is 114 Å². The van der Waals surface area contributed by atoms with Gasteiger partial charge in [0.25, 0.3) is 5.88 Å². The first-order valence-electron chi connectivity index (χ1n) is 32.6. The van der Waals surface area contributed by atoms with Crippen LogP contribution < -0.4 is 4.74 Å². The molecule has 0 radical (unpaired) electrons. The van der Waals surface area contributed by atoms with Gasteiger partial charge in [-0.2, -0.15) is 4.37 Å². The Kier molecular flexibility index (Phi) is 43.3. The Bertz CT molecular complexity index is 1640. The van der Waals surface area contributed by atoms with E-state index in [2.05, 4.69) is 56.5 Å². The number of unbranched alkanes of at least 4 members (excludes halogenated alkanes) is 30. The van der Waals surface area contributed by atoms with Crippen LogP contribution in [0.25, 0.3) is 5.57 Å². The van der Waals surface area contributed by atoms with Crippen molar-refractivity contribution in [3.8, 4) is 5.88 Å². The smallest absolute Gasteiger partial charge is 0.310 e. The molecule has 0 saturated carbocycles. The topological polar surface area (TPSA) is 140 Å². The molecule has 2 heterocycles. The predicted octanol–water partition coefficient (Wildman–Crippen LogP) is 18.0. The number of likely N-dealkylation sites (N-methyl/N-ethyl adjacent to an activating group) is 1. The van der Waals surface area contributed by atoms with Crippen LogP contribution in [0.1, 0.15) is 310 Å². The number of rotatable bonds is 53. The molecule has 0 fully saturated rings. The lowest BCUT2D eigenvalue weighted by molar-refractivity contribution is -0.944. The van der Waals surface area contributed by atoms with Crippen molar-refractivity contribution in [3.63, 3.8) is 0 Å². The van der Waals surface area contributed by atoms with Gasteiger partial charge in [0.15, 0.2) is 6.10 Å². The zero-order valence-electron chi connectivity index (χ0n) is 51.3.